The number of fused-ring (bicyclic) bond motifs is 2. The molecular weight excluding hydrogens is 472 g/mol. The first-order chi connectivity index (χ1) is 17.4. The monoisotopic (exact) mass is 502 g/mol. The van der Waals surface area contributed by atoms with Crippen molar-refractivity contribution < 1.29 is 9.53 Å². The van der Waals surface area contributed by atoms with Crippen molar-refractivity contribution in [1.82, 2.24) is 19.7 Å². The molecule has 0 bridgehead atoms. The number of H-pyrrole nitrogens is 1. The fourth-order valence-electron chi connectivity index (χ4n) is 5.33. The molecule has 186 valence electrons. The number of hydrogen-bond donors (Lipinski definition) is 1. The molecule has 0 spiro atoms. The van der Waals surface area contributed by atoms with Gasteiger partial charge in [-0.1, -0.05) is 48.0 Å². The zero-order valence-electron chi connectivity index (χ0n) is 20.9. The standard InChI is InChI=1S/C29H31ClN4O2/c1-19-25(29(30)33(2)32-19)18-34(15-14-22-17-31-26-7-5-4-6-23(22)26)27-12-10-21-16-20(8-11-24(21)27)9-13-28(35)36-3/h4-9,11,13,16-17,27,31H,10,12,14-15,18H2,1-3H3/b13-9+. The fourth-order valence-corrected chi connectivity index (χ4v) is 5.57. The zero-order valence-corrected chi connectivity index (χ0v) is 21.7. The van der Waals surface area contributed by atoms with E-state index in [0.29, 0.717) is 11.2 Å². The van der Waals surface area contributed by atoms with Crippen LogP contribution in [-0.2, 0) is 36.0 Å². The van der Waals surface area contributed by atoms with E-state index in [2.05, 4.69) is 63.6 Å². The predicted octanol–water partition coefficient (Wildman–Crippen LogP) is 5.78. The summed E-state index contributed by atoms with van der Waals surface area (Å²) in [5.41, 5.74) is 8.25. The second-order valence-corrected chi connectivity index (χ2v) is 9.79. The van der Waals surface area contributed by atoms with Gasteiger partial charge in [0.05, 0.1) is 12.8 Å². The van der Waals surface area contributed by atoms with E-state index in [1.54, 1.807) is 4.68 Å². The Morgan fingerprint density at radius 2 is 2.14 bits per heavy atom. The lowest BCUT2D eigenvalue weighted by Crippen LogP contribution is -2.29. The van der Waals surface area contributed by atoms with Gasteiger partial charge in [0.2, 0.25) is 0 Å². The van der Waals surface area contributed by atoms with Gasteiger partial charge in [-0.25, -0.2) is 4.79 Å². The number of hydrogen-bond acceptors (Lipinski definition) is 4. The molecule has 0 saturated carbocycles. The molecule has 6 nitrogen and oxygen atoms in total. The molecule has 0 amide bonds. The SMILES string of the molecule is COC(=O)/C=C/c1ccc2c(c1)CCC2N(CCc1c[nH]c2ccccc12)Cc1c(C)nn(C)c1Cl. The predicted molar refractivity (Wildman–Crippen MR) is 144 cm³/mol. The summed E-state index contributed by atoms with van der Waals surface area (Å²) < 4.78 is 6.48. The molecule has 0 radical (unpaired) electrons. The lowest BCUT2D eigenvalue weighted by atomic mass is 10.0. The molecule has 4 aromatic rings. The number of benzene rings is 2. The molecule has 2 aromatic carbocycles. The average molecular weight is 503 g/mol. The molecule has 1 atom stereocenters. The maximum Gasteiger partial charge on any atom is 0.330 e. The molecule has 0 fully saturated rings. The Balaban J connectivity index is 1.43. The third-order valence-electron chi connectivity index (χ3n) is 7.24. The van der Waals surface area contributed by atoms with Crippen molar-refractivity contribution in [2.45, 2.75) is 38.8 Å². The number of nitrogens with zero attached hydrogens (tertiary/aromatic N) is 3. The van der Waals surface area contributed by atoms with Crippen LogP contribution in [0.5, 0.6) is 0 Å². The summed E-state index contributed by atoms with van der Waals surface area (Å²) in [7, 11) is 3.28. The molecule has 0 saturated heterocycles. The summed E-state index contributed by atoms with van der Waals surface area (Å²) in [4.78, 5) is 17.5. The van der Waals surface area contributed by atoms with Gasteiger partial charge in [-0.15, -0.1) is 0 Å². The third kappa shape index (κ3) is 4.84. The summed E-state index contributed by atoms with van der Waals surface area (Å²) in [5, 5.41) is 6.53. The number of para-hydroxylation sites is 1. The average Bonchev–Trinajstić information content (AvgIpc) is 3.56. The number of halogens is 1. The molecule has 7 heteroatoms. The van der Waals surface area contributed by atoms with Crippen LogP contribution in [0.3, 0.4) is 0 Å². The number of carbonyl (C=O) groups excluding carboxylic acids is 1. The van der Waals surface area contributed by atoms with Crippen LogP contribution < -0.4 is 0 Å². The number of aryl methyl sites for hydroxylation is 3. The van der Waals surface area contributed by atoms with Gasteiger partial charge in [-0.05, 0) is 60.6 Å². The molecular formula is C29H31ClN4O2. The smallest absolute Gasteiger partial charge is 0.330 e. The van der Waals surface area contributed by atoms with E-state index >= 15 is 0 Å². The van der Waals surface area contributed by atoms with Gasteiger partial charge in [-0.3, -0.25) is 9.58 Å². The molecule has 2 heterocycles. The summed E-state index contributed by atoms with van der Waals surface area (Å²) in [6.45, 7) is 3.68. The van der Waals surface area contributed by atoms with Crippen molar-refractivity contribution >= 4 is 34.5 Å². The molecule has 5 rings (SSSR count). The summed E-state index contributed by atoms with van der Waals surface area (Å²) in [6, 6.07) is 15.2. The third-order valence-corrected chi connectivity index (χ3v) is 7.71. The second kappa shape index (κ2) is 10.3. The van der Waals surface area contributed by atoms with Crippen LogP contribution in [0, 0.1) is 6.92 Å². The number of carbonyl (C=O) groups is 1. The topological polar surface area (TPSA) is 63.1 Å². The van der Waals surface area contributed by atoms with Crippen molar-refractivity contribution in [3.63, 3.8) is 0 Å². The van der Waals surface area contributed by atoms with Crippen LogP contribution in [0.1, 0.15) is 46.0 Å². The molecule has 1 aliphatic carbocycles. The summed E-state index contributed by atoms with van der Waals surface area (Å²) >= 11 is 6.66. The first kappa shape index (κ1) is 24.3. The van der Waals surface area contributed by atoms with Gasteiger partial charge in [-0.2, -0.15) is 5.10 Å². The lowest BCUT2D eigenvalue weighted by Gasteiger charge is -2.30. The van der Waals surface area contributed by atoms with Crippen LogP contribution in [0.15, 0.2) is 54.7 Å². The molecule has 36 heavy (non-hydrogen) atoms. The van der Waals surface area contributed by atoms with E-state index in [0.717, 1.165) is 49.2 Å². The van der Waals surface area contributed by atoms with Crippen LogP contribution >= 0.6 is 11.6 Å². The Kier molecular flexibility index (Phi) is 6.99. The van der Waals surface area contributed by atoms with E-state index in [1.165, 1.54) is 40.8 Å². The highest BCUT2D eigenvalue weighted by molar-refractivity contribution is 6.30. The number of esters is 1. The maximum atomic E-state index is 11.5. The van der Waals surface area contributed by atoms with Gasteiger partial charge in [0.25, 0.3) is 0 Å². The summed E-state index contributed by atoms with van der Waals surface area (Å²) in [6.07, 6.45) is 8.40. The van der Waals surface area contributed by atoms with E-state index in [-0.39, 0.29) is 5.97 Å². The van der Waals surface area contributed by atoms with Crippen LogP contribution in [0.2, 0.25) is 5.15 Å². The first-order valence-electron chi connectivity index (χ1n) is 12.3. The van der Waals surface area contributed by atoms with Crippen molar-refractivity contribution in [3.05, 3.63) is 93.4 Å². The van der Waals surface area contributed by atoms with E-state index in [1.807, 2.05) is 20.0 Å². The summed E-state index contributed by atoms with van der Waals surface area (Å²) in [5.74, 6) is -0.347. The second-order valence-electron chi connectivity index (χ2n) is 9.43. The largest absolute Gasteiger partial charge is 0.466 e. The normalized spacial score (nSPS) is 15.3. The molecule has 0 aliphatic heterocycles. The Hall–Kier alpha value is -3.35. The number of methoxy groups -OCH3 is 1. The Labute approximate surface area is 216 Å². The highest BCUT2D eigenvalue weighted by atomic mass is 35.5. The zero-order chi connectivity index (χ0) is 25.2. The van der Waals surface area contributed by atoms with Crippen molar-refractivity contribution in [3.8, 4) is 0 Å². The quantitative estimate of drug-likeness (QED) is 0.245. The number of aromatic amines is 1. The Morgan fingerprint density at radius 1 is 1.31 bits per heavy atom. The van der Waals surface area contributed by atoms with Gasteiger partial charge < -0.3 is 9.72 Å². The number of nitrogens with one attached hydrogen (secondary N) is 1. The van der Waals surface area contributed by atoms with Gasteiger partial charge in [0.15, 0.2) is 0 Å². The number of rotatable bonds is 8. The van der Waals surface area contributed by atoms with Crippen molar-refractivity contribution in [2.24, 2.45) is 7.05 Å². The minimum absolute atomic E-state index is 0.291. The number of aromatic nitrogens is 3. The molecule has 2 aromatic heterocycles. The lowest BCUT2D eigenvalue weighted by molar-refractivity contribution is -0.134. The van der Waals surface area contributed by atoms with Gasteiger partial charge >= 0.3 is 5.97 Å². The first-order valence-corrected chi connectivity index (χ1v) is 12.7. The van der Waals surface area contributed by atoms with Crippen LogP contribution in [-0.4, -0.2) is 39.3 Å². The van der Waals surface area contributed by atoms with E-state index in [4.69, 9.17) is 16.3 Å². The highest BCUT2D eigenvalue weighted by Crippen LogP contribution is 2.38. The van der Waals surface area contributed by atoms with Crippen molar-refractivity contribution in [2.75, 3.05) is 13.7 Å². The molecule has 1 aliphatic rings. The van der Waals surface area contributed by atoms with Crippen LogP contribution in [0.25, 0.3) is 17.0 Å². The molecule has 1 unspecified atom stereocenters. The minimum atomic E-state index is -0.347. The van der Waals surface area contributed by atoms with E-state index in [9.17, 15) is 4.79 Å². The Morgan fingerprint density at radius 3 is 2.92 bits per heavy atom. The molecule has 1 N–H and O–H groups in total. The van der Waals surface area contributed by atoms with E-state index < -0.39 is 0 Å². The van der Waals surface area contributed by atoms with Gasteiger partial charge in [0, 0.05) is 54.9 Å². The van der Waals surface area contributed by atoms with Crippen molar-refractivity contribution in [1.29, 1.82) is 0 Å². The maximum absolute atomic E-state index is 11.5. The highest BCUT2D eigenvalue weighted by Gasteiger charge is 2.29. The van der Waals surface area contributed by atoms with Crippen LogP contribution in [0.4, 0.5) is 0 Å². The fraction of sp³-hybridized carbons (Fsp3) is 0.310. The Bertz CT molecular complexity index is 1430. The number of ether oxygens (including phenoxy) is 1. The van der Waals surface area contributed by atoms with Gasteiger partial charge in [0.1, 0.15) is 5.15 Å². The minimum Gasteiger partial charge on any atom is -0.466 e.